The molecule has 0 spiro atoms. The first-order valence-electron chi connectivity index (χ1n) is 5.58. The van der Waals surface area contributed by atoms with E-state index in [2.05, 4.69) is 33.0 Å². The highest BCUT2D eigenvalue weighted by atomic mass is 79.9. The number of aromatic nitrogens is 1. The van der Waals surface area contributed by atoms with Crippen LogP contribution < -0.4 is 0 Å². The van der Waals surface area contributed by atoms with Crippen molar-refractivity contribution in [1.29, 1.82) is 0 Å². The largest absolute Gasteiger partial charge is 0.388 e. The smallest absolute Gasteiger partial charge is 0.0808 e. The molecule has 0 aliphatic heterocycles. The maximum atomic E-state index is 10.0. The van der Waals surface area contributed by atoms with Gasteiger partial charge in [-0.05, 0) is 46.0 Å². The van der Waals surface area contributed by atoms with Crippen LogP contribution in [0.3, 0.4) is 0 Å². The fourth-order valence-electron chi connectivity index (χ4n) is 1.73. The Balaban J connectivity index is 1.96. The Bertz CT molecular complexity index is 473. The molecule has 1 N–H and O–H groups in total. The van der Waals surface area contributed by atoms with Gasteiger partial charge in [0.05, 0.1) is 6.10 Å². The number of aryl methyl sites for hydroxylation is 1. The standard InChI is InChI=1S/C14H14BrNO/c15-13-8-12(9-16-10-13)14(17)7-6-11-4-2-1-3-5-11/h1-5,8-10,14,17H,6-7H2. The van der Waals surface area contributed by atoms with Crippen molar-refractivity contribution in [3.63, 3.8) is 0 Å². The minimum Gasteiger partial charge on any atom is -0.388 e. The third-order valence-electron chi connectivity index (χ3n) is 2.66. The molecule has 1 atom stereocenters. The van der Waals surface area contributed by atoms with Gasteiger partial charge in [0.2, 0.25) is 0 Å². The zero-order chi connectivity index (χ0) is 12.1. The Kier molecular flexibility index (Phi) is 4.29. The van der Waals surface area contributed by atoms with Crippen molar-refractivity contribution in [2.45, 2.75) is 18.9 Å². The lowest BCUT2D eigenvalue weighted by molar-refractivity contribution is 0.167. The molecular weight excluding hydrogens is 278 g/mol. The Morgan fingerprint density at radius 2 is 1.94 bits per heavy atom. The van der Waals surface area contributed by atoms with E-state index in [-0.39, 0.29) is 0 Å². The molecule has 17 heavy (non-hydrogen) atoms. The van der Waals surface area contributed by atoms with Crippen LogP contribution in [0.15, 0.2) is 53.3 Å². The highest BCUT2D eigenvalue weighted by Crippen LogP contribution is 2.21. The van der Waals surface area contributed by atoms with Crippen LogP contribution >= 0.6 is 15.9 Å². The molecule has 0 amide bonds. The summed E-state index contributed by atoms with van der Waals surface area (Å²) in [7, 11) is 0. The number of hydrogen-bond acceptors (Lipinski definition) is 2. The van der Waals surface area contributed by atoms with Gasteiger partial charge in [-0.15, -0.1) is 0 Å². The molecular formula is C14H14BrNO. The second-order valence-corrected chi connectivity index (χ2v) is 4.89. The molecule has 1 unspecified atom stereocenters. The maximum Gasteiger partial charge on any atom is 0.0808 e. The summed E-state index contributed by atoms with van der Waals surface area (Å²) in [6.45, 7) is 0. The minimum absolute atomic E-state index is 0.458. The van der Waals surface area contributed by atoms with Crippen LogP contribution in [0.4, 0.5) is 0 Å². The van der Waals surface area contributed by atoms with Crippen molar-refractivity contribution in [2.75, 3.05) is 0 Å². The number of halogens is 1. The molecule has 2 nitrogen and oxygen atoms in total. The van der Waals surface area contributed by atoms with Crippen molar-refractivity contribution >= 4 is 15.9 Å². The average Bonchev–Trinajstić information content (AvgIpc) is 2.37. The minimum atomic E-state index is -0.458. The van der Waals surface area contributed by atoms with Crippen LogP contribution in [0.1, 0.15) is 23.7 Å². The molecule has 0 aliphatic carbocycles. The molecule has 88 valence electrons. The van der Waals surface area contributed by atoms with Crippen LogP contribution in [0.2, 0.25) is 0 Å². The quantitative estimate of drug-likeness (QED) is 0.935. The van der Waals surface area contributed by atoms with Gasteiger partial charge < -0.3 is 5.11 Å². The van der Waals surface area contributed by atoms with Crippen LogP contribution in [-0.2, 0) is 6.42 Å². The lowest BCUT2D eigenvalue weighted by atomic mass is 10.0. The molecule has 2 rings (SSSR count). The number of aliphatic hydroxyl groups is 1. The summed E-state index contributed by atoms with van der Waals surface area (Å²) in [6, 6.07) is 12.1. The second-order valence-electron chi connectivity index (χ2n) is 3.98. The van der Waals surface area contributed by atoms with E-state index >= 15 is 0 Å². The van der Waals surface area contributed by atoms with Gasteiger partial charge in [0.25, 0.3) is 0 Å². The van der Waals surface area contributed by atoms with Gasteiger partial charge in [-0.3, -0.25) is 4.98 Å². The lowest BCUT2D eigenvalue weighted by Gasteiger charge is -2.10. The van der Waals surface area contributed by atoms with E-state index < -0.39 is 6.10 Å². The average molecular weight is 292 g/mol. The van der Waals surface area contributed by atoms with E-state index in [0.717, 1.165) is 16.5 Å². The molecule has 0 fully saturated rings. The summed E-state index contributed by atoms with van der Waals surface area (Å²) in [6.07, 6.45) is 4.55. The topological polar surface area (TPSA) is 33.1 Å². The van der Waals surface area contributed by atoms with E-state index in [9.17, 15) is 5.11 Å². The normalized spacial score (nSPS) is 12.4. The van der Waals surface area contributed by atoms with Crippen LogP contribution in [0, 0.1) is 0 Å². The Morgan fingerprint density at radius 3 is 2.65 bits per heavy atom. The van der Waals surface area contributed by atoms with Crippen molar-refractivity contribution in [3.05, 3.63) is 64.4 Å². The predicted molar refractivity (Wildman–Crippen MR) is 71.7 cm³/mol. The zero-order valence-corrected chi connectivity index (χ0v) is 11.0. The Morgan fingerprint density at radius 1 is 1.18 bits per heavy atom. The third-order valence-corrected chi connectivity index (χ3v) is 3.09. The first-order valence-corrected chi connectivity index (χ1v) is 6.37. The summed E-state index contributed by atoms with van der Waals surface area (Å²) < 4.78 is 0.897. The van der Waals surface area contributed by atoms with E-state index in [1.54, 1.807) is 12.4 Å². The van der Waals surface area contributed by atoms with Crippen molar-refractivity contribution < 1.29 is 5.11 Å². The molecule has 0 radical (unpaired) electrons. The summed E-state index contributed by atoms with van der Waals surface area (Å²) in [5, 5.41) is 10.0. The summed E-state index contributed by atoms with van der Waals surface area (Å²) in [5.74, 6) is 0. The van der Waals surface area contributed by atoms with Gasteiger partial charge in [-0.2, -0.15) is 0 Å². The summed E-state index contributed by atoms with van der Waals surface area (Å²) in [5.41, 5.74) is 2.10. The zero-order valence-electron chi connectivity index (χ0n) is 9.38. The van der Waals surface area contributed by atoms with Gasteiger partial charge in [0, 0.05) is 16.9 Å². The van der Waals surface area contributed by atoms with Gasteiger partial charge in [-0.25, -0.2) is 0 Å². The van der Waals surface area contributed by atoms with E-state index in [4.69, 9.17) is 0 Å². The summed E-state index contributed by atoms with van der Waals surface area (Å²) >= 11 is 3.35. The molecule has 0 aliphatic rings. The molecule has 3 heteroatoms. The number of nitrogens with zero attached hydrogens (tertiary/aromatic N) is 1. The molecule has 1 heterocycles. The summed E-state index contributed by atoms with van der Waals surface area (Å²) in [4.78, 5) is 4.05. The molecule has 1 aromatic carbocycles. The van der Waals surface area contributed by atoms with Gasteiger partial charge in [0.1, 0.15) is 0 Å². The van der Waals surface area contributed by atoms with Crippen molar-refractivity contribution in [2.24, 2.45) is 0 Å². The van der Waals surface area contributed by atoms with Crippen LogP contribution in [0.25, 0.3) is 0 Å². The predicted octanol–water partition coefficient (Wildman–Crippen LogP) is 3.51. The van der Waals surface area contributed by atoms with E-state index in [0.29, 0.717) is 6.42 Å². The molecule has 1 aromatic heterocycles. The van der Waals surface area contributed by atoms with E-state index in [1.165, 1.54) is 5.56 Å². The lowest BCUT2D eigenvalue weighted by Crippen LogP contribution is -2.00. The molecule has 0 bridgehead atoms. The van der Waals surface area contributed by atoms with E-state index in [1.807, 2.05) is 24.3 Å². The third kappa shape index (κ3) is 3.65. The van der Waals surface area contributed by atoms with Crippen LogP contribution in [-0.4, -0.2) is 10.1 Å². The fraction of sp³-hybridized carbons (Fsp3) is 0.214. The van der Waals surface area contributed by atoms with Gasteiger partial charge in [0.15, 0.2) is 0 Å². The number of rotatable bonds is 4. The van der Waals surface area contributed by atoms with Crippen molar-refractivity contribution in [1.82, 2.24) is 4.98 Å². The Labute approximate surface area is 109 Å². The number of hydrogen-bond donors (Lipinski definition) is 1. The number of aliphatic hydroxyl groups excluding tert-OH is 1. The second kappa shape index (κ2) is 5.94. The molecule has 2 aromatic rings. The van der Waals surface area contributed by atoms with Crippen LogP contribution in [0.5, 0.6) is 0 Å². The number of benzene rings is 1. The highest BCUT2D eigenvalue weighted by molar-refractivity contribution is 9.10. The van der Waals surface area contributed by atoms with Gasteiger partial charge in [-0.1, -0.05) is 30.3 Å². The molecule has 0 saturated heterocycles. The van der Waals surface area contributed by atoms with Gasteiger partial charge >= 0.3 is 0 Å². The molecule has 0 saturated carbocycles. The first-order chi connectivity index (χ1) is 8.25. The Hall–Kier alpha value is -1.19. The first kappa shape index (κ1) is 12.3. The fourth-order valence-corrected chi connectivity index (χ4v) is 2.11. The SMILES string of the molecule is OC(CCc1ccccc1)c1cncc(Br)c1. The monoisotopic (exact) mass is 291 g/mol. The van der Waals surface area contributed by atoms with Crippen molar-refractivity contribution in [3.8, 4) is 0 Å². The highest BCUT2D eigenvalue weighted by Gasteiger charge is 2.08. The number of pyridine rings is 1. The maximum absolute atomic E-state index is 10.0.